The second-order valence-corrected chi connectivity index (χ2v) is 10.4. The minimum Gasteiger partial charge on any atom is -0.454 e. The predicted octanol–water partition coefficient (Wildman–Crippen LogP) is 3.50. The van der Waals surface area contributed by atoms with Crippen LogP contribution in [-0.4, -0.2) is 49.7 Å². The lowest BCUT2D eigenvalue weighted by atomic mass is 10.1. The van der Waals surface area contributed by atoms with Crippen molar-refractivity contribution in [2.75, 3.05) is 20.7 Å². The number of aromatic nitrogens is 1. The van der Waals surface area contributed by atoms with E-state index in [2.05, 4.69) is 4.57 Å². The molecule has 0 radical (unpaired) electrons. The van der Waals surface area contributed by atoms with Crippen LogP contribution in [0.4, 0.5) is 0 Å². The van der Waals surface area contributed by atoms with E-state index in [1.54, 1.807) is 17.4 Å². The number of nitrogens with zero attached hydrogens (tertiary/aromatic N) is 2. The van der Waals surface area contributed by atoms with Crippen molar-refractivity contribution in [1.29, 1.82) is 0 Å². The number of benzene rings is 1. The van der Waals surface area contributed by atoms with E-state index >= 15 is 0 Å². The van der Waals surface area contributed by atoms with E-state index in [0.29, 0.717) is 12.1 Å². The molecule has 2 aromatic heterocycles. The molecule has 164 valence electrons. The zero-order chi connectivity index (χ0) is 22.8. The van der Waals surface area contributed by atoms with Crippen LogP contribution in [0.25, 0.3) is 0 Å². The van der Waals surface area contributed by atoms with E-state index in [1.165, 1.54) is 43.2 Å². The number of ketones is 1. The topological polar surface area (TPSA) is 85.7 Å². The number of carbonyl (C=O) groups excluding carboxylic acids is 2. The average Bonchev–Trinajstić information content (AvgIpc) is 3.35. The molecule has 1 aromatic carbocycles. The Morgan fingerprint density at radius 3 is 2.48 bits per heavy atom. The molecule has 3 aromatic rings. The van der Waals surface area contributed by atoms with Crippen LogP contribution in [-0.2, 0) is 21.3 Å². The lowest BCUT2D eigenvalue weighted by Gasteiger charge is -2.12. The predicted molar refractivity (Wildman–Crippen MR) is 119 cm³/mol. The summed E-state index contributed by atoms with van der Waals surface area (Å²) < 4.78 is 32.8. The maximum absolute atomic E-state index is 12.7. The molecule has 0 fully saturated rings. The number of ether oxygens (including phenoxy) is 1. The number of hydrogen-bond donors (Lipinski definition) is 0. The molecule has 9 heteroatoms. The Balaban J connectivity index is 1.71. The van der Waals surface area contributed by atoms with E-state index in [1.807, 2.05) is 31.4 Å². The molecule has 0 atom stereocenters. The highest BCUT2D eigenvalue weighted by molar-refractivity contribution is 7.89. The fraction of sp³-hybridized carbons (Fsp3) is 0.273. The maximum Gasteiger partial charge on any atom is 0.338 e. The minimum absolute atomic E-state index is 0.0181. The quantitative estimate of drug-likeness (QED) is 0.379. The van der Waals surface area contributed by atoms with Crippen LogP contribution in [0, 0.1) is 13.8 Å². The van der Waals surface area contributed by atoms with Crippen molar-refractivity contribution in [1.82, 2.24) is 8.87 Å². The number of hydrogen-bond acceptors (Lipinski definition) is 6. The van der Waals surface area contributed by atoms with Crippen LogP contribution >= 0.6 is 11.3 Å². The number of Topliss-reactive ketones (excluding diaryl/α,β-unsaturated/α-hetero) is 1. The summed E-state index contributed by atoms with van der Waals surface area (Å²) in [5.74, 6) is -1.06. The molecule has 0 aliphatic heterocycles. The van der Waals surface area contributed by atoms with Gasteiger partial charge < -0.3 is 9.30 Å². The summed E-state index contributed by atoms with van der Waals surface area (Å²) in [7, 11) is -0.859. The Morgan fingerprint density at radius 1 is 1.10 bits per heavy atom. The van der Waals surface area contributed by atoms with Crippen LogP contribution in [0.2, 0.25) is 0 Å². The number of carbonyl (C=O) groups is 2. The fourth-order valence-electron chi connectivity index (χ4n) is 3.17. The van der Waals surface area contributed by atoms with Gasteiger partial charge in [0.15, 0.2) is 6.61 Å². The number of sulfonamides is 1. The monoisotopic (exact) mass is 460 g/mol. The Morgan fingerprint density at radius 2 is 1.84 bits per heavy atom. The molecule has 0 N–H and O–H groups in total. The maximum atomic E-state index is 12.7. The molecule has 31 heavy (non-hydrogen) atoms. The summed E-state index contributed by atoms with van der Waals surface area (Å²) in [5.41, 5.74) is 2.33. The highest BCUT2D eigenvalue weighted by Gasteiger charge is 2.21. The van der Waals surface area contributed by atoms with Gasteiger partial charge in [-0.3, -0.25) is 4.79 Å². The minimum atomic E-state index is -3.68. The van der Waals surface area contributed by atoms with Gasteiger partial charge in [0.25, 0.3) is 0 Å². The number of aryl methyl sites for hydroxylation is 1. The molecule has 0 saturated carbocycles. The largest absolute Gasteiger partial charge is 0.454 e. The standard InChI is InChI=1S/C22H24N2O5S2/c1-15-11-20(16(2)24(15)13-18-8-6-10-30-18)21(25)14-29-22(26)17-7-5-9-19(12-17)31(27,28)23(3)4/h5-12H,13-14H2,1-4H3. The molecular formula is C22H24N2O5S2. The van der Waals surface area contributed by atoms with Crippen LogP contribution in [0.3, 0.4) is 0 Å². The van der Waals surface area contributed by atoms with Gasteiger partial charge in [0.1, 0.15) is 0 Å². The normalized spacial score (nSPS) is 11.6. The third kappa shape index (κ3) is 4.95. The lowest BCUT2D eigenvalue weighted by Crippen LogP contribution is -2.22. The second-order valence-electron chi connectivity index (χ2n) is 7.26. The van der Waals surface area contributed by atoms with Gasteiger partial charge in [-0.2, -0.15) is 0 Å². The van der Waals surface area contributed by atoms with Crippen molar-refractivity contribution in [2.45, 2.75) is 25.3 Å². The van der Waals surface area contributed by atoms with Crippen LogP contribution < -0.4 is 0 Å². The molecule has 0 unspecified atom stereocenters. The first-order valence-electron chi connectivity index (χ1n) is 9.53. The zero-order valence-corrected chi connectivity index (χ0v) is 19.4. The first-order chi connectivity index (χ1) is 14.6. The first-order valence-corrected chi connectivity index (χ1v) is 11.8. The summed E-state index contributed by atoms with van der Waals surface area (Å²) in [5, 5.41) is 2.01. The molecule has 7 nitrogen and oxygen atoms in total. The van der Waals surface area contributed by atoms with Gasteiger partial charge in [-0.05, 0) is 49.6 Å². The molecule has 0 aliphatic carbocycles. The van der Waals surface area contributed by atoms with E-state index in [9.17, 15) is 18.0 Å². The van der Waals surface area contributed by atoms with Crippen molar-refractivity contribution < 1.29 is 22.7 Å². The van der Waals surface area contributed by atoms with E-state index in [0.717, 1.165) is 15.7 Å². The van der Waals surface area contributed by atoms with Crippen LogP contribution in [0.1, 0.15) is 37.0 Å². The molecule has 0 amide bonds. The van der Waals surface area contributed by atoms with E-state index in [-0.39, 0.29) is 16.2 Å². The molecule has 0 bridgehead atoms. The van der Waals surface area contributed by atoms with Crippen molar-refractivity contribution in [3.63, 3.8) is 0 Å². The summed E-state index contributed by atoms with van der Waals surface area (Å²) in [6.45, 7) is 4.05. The Labute approximate surface area is 185 Å². The van der Waals surface area contributed by atoms with Gasteiger partial charge in [0.2, 0.25) is 15.8 Å². The summed E-state index contributed by atoms with van der Waals surface area (Å²) in [4.78, 5) is 26.3. The number of rotatable bonds is 8. The fourth-order valence-corrected chi connectivity index (χ4v) is 4.81. The van der Waals surface area contributed by atoms with Gasteiger partial charge in [0.05, 0.1) is 17.0 Å². The van der Waals surface area contributed by atoms with Crippen molar-refractivity contribution in [3.05, 3.63) is 75.2 Å². The van der Waals surface area contributed by atoms with Gasteiger partial charge in [0, 0.05) is 35.9 Å². The molecule has 0 spiro atoms. The molecular weight excluding hydrogens is 436 g/mol. The van der Waals surface area contributed by atoms with E-state index < -0.39 is 22.6 Å². The number of esters is 1. The molecule has 2 heterocycles. The SMILES string of the molecule is Cc1cc(C(=O)COC(=O)c2cccc(S(=O)(=O)N(C)C)c2)c(C)n1Cc1cccs1. The van der Waals surface area contributed by atoms with Gasteiger partial charge in [-0.25, -0.2) is 17.5 Å². The summed E-state index contributed by atoms with van der Waals surface area (Å²) >= 11 is 1.65. The van der Waals surface area contributed by atoms with Crippen LogP contribution in [0.15, 0.2) is 52.7 Å². The molecule has 0 saturated heterocycles. The highest BCUT2D eigenvalue weighted by Crippen LogP contribution is 2.20. The smallest absolute Gasteiger partial charge is 0.338 e. The Hall–Kier alpha value is -2.75. The van der Waals surface area contributed by atoms with Crippen LogP contribution in [0.5, 0.6) is 0 Å². The third-order valence-corrected chi connectivity index (χ3v) is 7.62. The van der Waals surface area contributed by atoms with Gasteiger partial charge >= 0.3 is 5.97 Å². The van der Waals surface area contributed by atoms with Gasteiger partial charge in [-0.15, -0.1) is 11.3 Å². The summed E-state index contributed by atoms with van der Waals surface area (Å²) in [6.07, 6.45) is 0. The molecule has 3 rings (SSSR count). The van der Waals surface area contributed by atoms with Gasteiger partial charge in [-0.1, -0.05) is 12.1 Å². The zero-order valence-electron chi connectivity index (χ0n) is 17.8. The van der Waals surface area contributed by atoms with Crippen molar-refractivity contribution in [2.24, 2.45) is 0 Å². The Bertz CT molecular complexity index is 1210. The highest BCUT2D eigenvalue weighted by atomic mass is 32.2. The number of thiophene rings is 1. The van der Waals surface area contributed by atoms with Crippen molar-refractivity contribution >= 4 is 33.1 Å². The first kappa shape index (κ1) is 22.9. The third-order valence-electron chi connectivity index (χ3n) is 4.95. The Kier molecular flexibility index (Phi) is 6.78. The second kappa shape index (κ2) is 9.17. The average molecular weight is 461 g/mol. The summed E-state index contributed by atoms with van der Waals surface area (Å²) in [6, 6.07) is 11.4. The lowest BCUT2D eigenvalue weighted by molar-refractivity contribution is 0.0474. The van der Waals surface area contributed by atoms with E-state index in [4.69, 9.17) is 4.74 Å². The molecule has 0 aliphatic rings. The van der Waals surface area contributed by atoms with Crippen molar-refractivity contribution in [3.8, 4) is 0 Å².